The molecule has 0 saturated carbocycles. The Kier molecular flexibility index (Phi) is 6.19. The molecule has 0 spiro atoms. The third-order valence-corrected chi connectivity index (χ3v) is 4.69. The van der Waals surface area contributed by atoms with Crippen LogP contribution in [0.25, 0.3) is 0 Å². The molecule has 152 valence electrons. The van der Waals surface area contributed by atoms with Crippen molar-refractivity contribution in [2.75, 3.05) is 0 Å². The predicted octanol–water partition coefficient (Wildman–Crippen LogP) is 6.26. The maximum absolute atomic E-state index is 13.1. The summed E-state index contributed by atoms with van der Waals surface area (Å²) in [5.41, 5.74) is 1.44. The number of hydrogen-bond acceptors (Lipinski definition) is 4. The summed E-state index contributed by atoms with van der Waals surface area (Å²) >= 11 is 0. The van der Waals surface area contributed by atoms with Crippen molar-refractivity contribution in [3.63, 3.8) is 0 Å². The Morgan fingerprint density at radius 2 is 1.06 bits per heavy atom. The van der Waals surface area contributed by atoms with Crippen LogP contribution in [0, 0.1) is 0 Å². The third-order valence-electron chi connectivity index (χ3n) is 4.69. The van der Waals surface area contributed by atoms with Crippen molar-refractivity contribution in [2.24, 2.45) is 0 Å². The van der Waals surface area contributed by atoms with Crippen molar-refractivity contribution in [1.82, 2.24) is 0 Å². The van der Waals surface area contributed by atoms with Crippen LogP contribution in [0.3, 0.4) is 0 Å². The first kappa shape index (κ1) is 20.1. The molecule has 0 amide bonds. The predicted molar refractivity (Wildman–Crippen MR) is 118 cm³/mol. The summed E-state index contributed by atoms with van der Waals surface area (Å²) in [6, 6.07) is 33.8. The Hall–Kier alpha value is -4.18. The molecule has 4 heteroatoms. The quantitative estimate of drug-likeness (QED) is 0.267. The highest BCUT2D eigenvalue weighted by molar-refractivity contribution is 6.02. The van der Waals surface area contributed by atoms with E-state index < -0.39 is 12.1 Å². The van der Waals surface area contributed by atoms with Crippen LogP contribution in [0.5, 0.6) is 11.5 Å². The van der Waals surface area contributed by atoms with Crippen LogP contribution in [0.4, 0.5) is 0 Å². The number of ether oxygens (including phenoxy) is 2. The van der Waals surface area contributed by atoms with E-state index in [9.17, 15) is 9.59 Å². The smallest absolute Gasteiger partial charge is 0.339 e. The molecule has 0 fully saturated rings. The summed E-state index contributed by atoms with van der Waals surface area (Å²) in [5, 5.41) is 0. The molecule has 0 heterocycles. The molecular weight excluding hydrogens is 388 g/mol. The molecule has 31 heavy (non-hydrogen) atoms. The first-order chi connectivity index (χ1) is 15.2. The van der Waals surface area contributed by atoms with Gasteiger partial charge in [0.1, 0.15) is 11.5 Å². The summed E-state index contributed by atoms with van der Waals surface area (Å²) in [6.07, 6.45) is -1.03. The summed E-state index contributed by atoms with van der Waals surface area (Å²) in [7, 11) is 0. The molecule has 4 aromatic carbocycles. The fourth-order valence-corrected chi connectivity index (χ4v) is 3.11. The summed E-state index contributed by atoms with van der Waals surface area (Å²) in [4.78, 5) is 25.9. The molecular formula is C27H20O4. The van der Waals surface area contributed by atoms with Crippen molar-refractivity contribution in [3.05, 3.63) is 132 Å². The summed E-state index contributed by atoms with van der Waals surface area (Å²) in [6.45, 7) is 0. The standard InChI is InChI=1S/C27H20O4/c28-25(20-10-4-1-5-11-20)26(21-12-6-2-7-13-21)31-27(29)22-16-18-24(19-17-22)30-23-14-8-3-9-15-23/h1-19,26H. The van der Waals surface area contributed by atoms with Crippen LogP contribution in [-0.2, 0) is 4.74 Å². The fraction of sp³-hybridized carbons (Fsp3) is 0.0370. The number of para-hydroxylation sites is 1. The zero-order valence-corrected chi connectivity index (χ0v) is 16.7. The molecule has 0 aliphatic heterocycles. The second-order valence-electron chi connectivity index (χ2n) is 6.87. The van der Waals surface area contributed by atoms with Gasteiger partial charge in [0, 0.05) is 11.1 Å². The lowest BCUT2D eigenvalue weighted by Crippen LogP contribution is -2.20. The number of ketones is 1. The third kappa shape index (κ3) is 5.06. The SMILES string of the molecule is O=C(OC(C(=O)c1ccccc1)c1ccccc1)c1ccc(Oc2ccccc2)cc1. The van der Waals surface area contributed by atoms with Crippen molar-refractivity contribution in [1.29, 1.82) is 0 Å². The average Bonchev–Trinajstić information content (AvgIpc) is 2.84. The molecule has 1 unspecified atom stereocenters. The van der Waals surface area contributed by atoms with Gasteiger partial charge in [0.15, 0.2) is 6.10 Å². The van der Waals surface area contributed by atoms with Gasteiger partial charge in [0.05, 0.1) is 5.56 Å². The molecule has 4 nitrogen and oxygen atoms in total. The first-order valence-corrected chi connectivity index (χ1v) is 9.89. The Morgan fingerprint density at radius 3 is 1.68 bits per heavy atom. The average molecular weight is 408 g/mol. The van der Waals surface area contributed by atoms with Crippen LogP contribution in [0.15, 0.2) is 115 Å². The Morgan fingerprint density at radius 1 is 0.548 bits per heavy atom. The number of rotatable bonds is 7. The van der Waals surface area contributed by atoms with Gasteiger partial charge in [-0.1, -0.05) is 78.9 Å². The van der Waals surface area contributed by atoms with Crippen molar-refractivity contribution in [2.45, 2.75) is 6.10 Å². The lowest BCUT2D eigenvalue weighted by atomic mass is 10.00. The van der Waals surface area contributed by atoms with E-state index >= 15 is 0 Å². The number of esters is 1. The highest BCUT2D eigenvalue weighted by atomic mass is 16.5. The monoisotopic (exact) mass is 408 g/mol. The van der Waals surface area contributed by atoms with E-state index in [1.54, 1.807) is 60.7 Å². The van der Waals surface area contributed by atoms with E-state index in [4.69, 9.17) is 9.47 Å². The lowest BCUT2D eigenvalue weighted by Gasteiger charge is -2.17. The second-order valence-corrected chi connectivity index (χ2v) is 6.87. The van der Waals surface area contributed by atoms with Crippen LogP contribution in [0.2, 0.25) is 0 Å². The number of carbonyl (C=O) groups excluding carboxylic acids is 2. The van der Waals surface area contributed by atoms with Crippen molar-refractivity contribution >= 4 is 11.8 Å². The van der Waals surface area contributed by atoms with E-state index in [-0.39, 0.29) is 5.78 Å². The first-order valence-electron chi connectivity index (χ1n) is 9.89. The molecule has 0 N–H and O–H groups in total. The molecule has 0 aromatic heterocycles. The highest BCUT2D eigenvalue weighted by Crippen LogP contribution is 2.25. The zero-order chi connectivity index (χ0) is 21.5. The van der Waals surface area contributed by atoms with E-state index in [2.05, 4.69) is 0 Å². The van der Waals surface area contributed by atoms with Gasteiger partial charge in [-0.2, -0.15) is 0 Å². The lowest BCUT2D eigenvalue weighted by molar-refractivity contribution is 0.0280. The van der Waals surface area contributed by atoms with Crippen LogP contribution in [-0.4, -0.2) is 11.8 Å². The van der Waals surface area contributed by atoms with Gasteiger partial charge in [0.25, 0.3) is 0 Å². The Labute approximate surface area is 180 Å². The molecule has 4 aromatic rings. The van der Waals surface area contributed by atoms with Crippen LogP contribution in [0.1, 0.15) is 32.4 Å². The largest absolute Gasteiger partial charge is 0.457 e. The maximum Gasteiger partial charge on any atom is 0.339 e. The van der Waals surface area contributed by atoms with Gasteiger partial charge in [-0.3, -0.25) is 4.79 Å². The van der Waals surface area contributed by atoms with Crippen molar-refractivity contribution < 1.29 is 19.1 Å². The molecule has 0 bridgehead atoms. The maximum atomic E-state index is 13.1. The molecule has 0 aliphatic carbocycles. The number of carbonyl (C=O) groups is 2. The highest BCUT2D eigenvalue weighted by Gasteiger charge is 2.26. The van der Waals surface area contributed by atoms with E-state index in [1.807, 2.05) is 54.6 Å². The molecule has 0 saturated heterocycles. The van der Waals surface area contributed by atoms with Gasteiger partial charge in [-0.05, 0) is 36.4 Å². The van der Waals surface area contributed by atoms with Gasteiger partial charge in [-0.15, -0.1) is 0 Å². The van der Waals surface area contributed by atoms with Crippen LogP contribution < -0.4 is 4.74 Å². The van der Waals surface area contributed by atoms with E-state index in [0.717, 1.165) is 0 Å². The zero-order valence-electron chi connectivity index (χ0n) is 16.7. The Balaban J connectivity index is 1.53. The van der Waals surface area contributed by atoms with E-state index in [1.165, 1.54) is 0 Å². The minimum absolute atomic E-state index is 0.274. The van der Waals surface area contributed by atoms with Gasteiger partial charge in [0.2, 0.25) is 5.78 Å². The summed E-state index contributed by atoms with van der Waals surface area (Å²) in [5.74, 6) is 0.451. The normalized spacial score (nSPS) is 11.4. The van der Waals surface area contributed by atoms with E-state index in [0.29, 0.717) is 28.2 Å². The fourth-order valence-electron chi connectivity index (χ4n) is 3.11. The molecule has 0 aliphatic rings. The van der Waals surface area contributed by atoms with Crippen molar-refractivity contribution in [3.8, 4) is 11.5 Å². The van der Waals surface area contributed by atoms with Crippen LogP contribution >= 0.6 is 0 Å². The van der Waals surface area contributed by atoms with Gasteiger partial charge >= 0.3 is 5.97 Å². The number of Topliss-reactive ketones (excluding diaryl/α,β-unsaturated/α-hetero) is 1. The number of benzene rings is 4. The van der Waals surface area contributed by atoms with Gasteiger partial charge < -0.3 is 9.47 Å². The molecule has 0 radical (unpaired) electrons. The molecule has 4 rings (SSSR count). The second kappa shape index (κ2) is 9.55. The topological polar surface area (TPSA) is 52.6 Å². The minimum atomic E-state index is -1.03. The Bertz CT molecular complexity index is 1140. The minimum Gasteiger partial charge on any atom is -0.457 e. The molecule has 1 atom stereocenters. The van der Waals surface area contributed by atoms with Gasteiger partial charge in [-0.25, -0.2) is 4.79 Å². The summed E-state index contributed by atoms with van der Waals surface area (Å²) < 4.78 is 11.4. The number of hydrogen-bond donors (Lipinski definition) is 0.